The molecule has 1 unspecified atom stereocenters. The van der Waals surface area contributed by atoms with Gasteiger partial charge in [0.1, 0.15) is 12.2 Å². The minimum absolute atomic E-state index is 0.0300. The summed E-state index contributed by atoms with van der Waals surface area (Å²) in [5, 5.41) is 7.12. The Balaban J connectivity index is 3.44. The van der Waals surface area contributed by atoms with Crippen molar-refractivity contribution in [2.75, 3.05) is 7.11 Å². The highest BCUT2D eigenvalue weighted by atomic mass is 16.5. The number of carbonyl (C=O) groups is 1. The lowest BCUT2D eigenvalue weighted by atomic mass is 9.80. The topological polar surface area (TPSA) is 49.2 Å². The first-order chi connectivity index (χ1) is 10.1. The van der Waals surface area contributed by atoms with Crippen molar-refractivity contribution >= 4 is 5.97 Å². The highest BCUT2D eigenvalue weighted by Gasteiger charge is 2.25. The molecule has 0 radical (unpaired) electrons. The van der Waals surface area contributed by atoms with Crippen LogP contribution in [0.3, 0.4) is 0 Å². The molecule has 1 atom stereocenters. The van der Waals surface area contributed by atoms with Gasteiger partial charge in [0.05, 0.1) is 7.11 Å². The first-order valence-corrected chi connectivity index (χ1v) is 8.03. The van der Waals surface area contributed by atoms with E-state index in [9.17, 15) is 4.79 Å². The van der Waals surface area contributed by atoms with Gasteiger partial charge in [0.25, 0.3) is 0 Å². The van der Waals surface area contributed by atoms with Gasteiger partial charge in [0.2, 0.25) is 0 Å². The Labute approximate surface area is 134 Å². The summed E-state index contributed by atoms with van der Waals surface area (Å²) < 4.78 is 5.75. The van der Waals surface area contributed by atoms with E-state index in [1.807, 2.05) is 0 Å². The van der Waals surface area contributed by atoms with Gasteiger partial charge in [0, 0.05) is 10.4 Å². The predicted octanol–water partition coefficient (Wildman–Crippen LogP) is 3.94. The maximum Gasteiger partial charge on any atom is 0.516 e. The summed E-state index contributed by atoms with van der Waals surface area (Å²) in [6.07, 6.45) is 0.888. The second-order valence-electron chi connectivity index (χ2n) is 7.47. The second-order valence-corrected chi connectivity index (χ2v) is 7.47. The lowest BCUT2D eigenvalue weighted by molar-refractivity contribution is -0.136. The van der Waals surface area contributed by atoms with E-state index >= 15 is 0 Å². The molecule has 3 heteroatoms. The van der Waals surface area contributed by atoms with Crippen LogP contribution in [-0.4, -0.2) is 18.2 Å². The number of aryl methyl sites for hydroxylation is 1. The van der Waals surface area contributed by atoms with Crippen LogP contribution in [0.25, 0.3) is 0 Å². The summed E-state index contributed by atoms with van der Waals surface area (Å²) in [5.74, 6) is 1.35. The van der Waals surface area contributed by atoms with Crippen LogP contribution in [0, 0.1) is 5.92 Å². The molecule has 0 amide bonds. The molecule has 0 aliphatic rings. The molecular weight excluding hydrogens is 276 g/mol. The van der Waals surface area contributed by atoms with E-state index in [0.717, 1.165) is 11.3 Å². The molecule has 0 spiro atoms. The van der Waals surface area contributed by atoms with Crippen molar-refractivity contribution < 1.29 is 14.6 Å². The van der Waals surface area contributed by atoms with Crippen molar-refractivity contribution in [1.29, 1.82) is 0 Å². The fourth-order valence-corrected chi connectivity index (χ4v) is 2.60. The Morgan fingerprint density at radius 1 is 1.23 bits per heavy atom. The molecule has 0 aliphatic carbocycles. The molecular formula is C19H31O3+. The molecule has 3 nitrogen and oxygen atoms in total. The average molecular weight is 307 g/mol. The molecule has 2 N–H and O–H groups in total. The minimum atomic E-state index is -0.508. The smallest absolute Gasteiger partial charge is 0.516 e. The Morgan fingerprint density at radius 3 is 2.23 bits per heavy atom. The van der Waals surface area contributed by atoms with Gasteiger partial charge < -0.3 is 9.84 Å². The largest absolute Gasteiger partial charge is 0.565 e. The van der Waals surface area contributed by atoms with Crippen LogP contribution in [-0.2, 0) is 16.6 Å². The van der Waals surface area contributed by atoms with Gasteiger partial charge >= 0.3 is 5.97 Å². The molecule has 22 heavy (non-hydrogen) atoms. The molecule has 0 heterocycles. The number of hydrogen-bond acceptors (Lipinski definition) is 2. The van der Waals surface area contributed by atoms with Gasteiger partial charge in [-0.05, 0) is 34.8 Å². The van der Waals surface area contributed by atoms with E-state index in [-0.39, 0.29) is 11.8 Å². The highest BCUT2D eigenvalue weighted by Crippen LogP contribution is 2.40. The van der Waals surface area contributed by atoms with Crippen LogP contribution >= 0.6 is 0 Å². The second kappa shape index (κ2) is 7.17. The fourth-order valence-electron chi connectivity index (χ4n) is 2.60. The maximum atomic E-state index is 11.0. The van der Waals surface area contributed by atoms with Crippen LogP contribution in [0.2, 0.25) is 0 Å². The van der Waals surface area contributed by atoms with E-state index in [2.05, 4.69) is 53.7 Å². The number of rotatable bonds is 6. The lowest BCUT2D eigenvalue weighted by Crippen LogP contribution is -2.16. The summed E-state index contributed by atoms with van der Waals surface area (Å²) in [6, 6.07) is 4.29. The Morgan fingerprint density at radius 2 is 1.82 bits per heavy atom. The molecule has 0 saturated heterocycles. The number of hydrogen-bond donors (Lipinski definition) is 0. The summed E-state index contributed by atoms with van der Waals surface area (Å²) in [7, 11) is 1.73. The lowest BCUT2D eigenvalue weighted by Gasteiger charge is -2.28. The van der Waals surface area contributed by atoms with Crippen molar-refractivity contribution in [2.24, 2.45) is 5.92 Å². The van der Waals surface area contributed by atoms with Crippen molar-refractivity contribution in [3.05, 3.63) is 28.8 Å². The monoisotopic (exact) mass is 307 g/mol. The van der Waals surface area contributed by atoms with Crippen molar-refractivity contribution in [2.45, 2.75) is 65.7 Å². The standard InChI is InChI=1S/C19H30O3/c1-12(2)13(3)15-10-14(8-9-17(20)21)11-16(18(15)22-7)19(4,5)6/h10-13H,8-9H2,1-7H3,(H,20,21)/p+1. The van der Waals surface area contributed by atoms with Crippen molar-refractivity contribution in [3.8, 4) is 5.75 Å². The average Bonchev–Trinajstić information content (AvgIpc) is 2.41. The van der Waals surface area contributed by atoms with Crippen LogP contribution in [0.5, 0.6) is 5.75 Å². The molecule has 0 bridgehead atoms. The number of benzene rings is 1. The Bertz CT molecular complexity index is 524. The molecule has 1 rings (SSSR count). The third-order valence-corrected chi connectivity index (χ3v) is 4.32. The van der Waals surface area contributed by atoms with Gasteiger partial charge in [-0.3, -0.25) is 0 Å². The molecule has 0 saturated carbocycles. The SMILES string of the molecule is COc1c(C(C)C(C)C)cc(CCC(=O)[OH2+])cc1C(C)(C)C. The van der Waals surface area contributed by atoms with E-state index in [1.54, 1.807) is 7.11 Å². The number of carbonyl (C=O) groups excluding carboxylic acids is 1. The molecule has 0 aliphatic heterocycles. The van der Waals surface area contributed by atoms with Crippen molar-refractivity contribution in [1.82, 2.24) is 0 Å². The summed E-state index contributed by atoms with van der Waals surface area (Å²) in [4.78, 5) is 11.0. The van der Waals surface area contributed by atoms with Crippen LogP contribution in [0.4, 0.5) is 0 Å². The fraction of sp³-hybridized carbons (Fsp3) is 0.632. The summed E-state index contributed by atoms with van der Waals surface area (Å²) in [6.45, 7) is 13.2. The molecule has 1 aromatic carbocycles. The van der Waals surface area contributed by atoms with E-state index < -0.39 is 5.97 Å². The zero-order valence-electron chi connectivity index (χ0n) is 15.0. The van der Waals surface area contributed by atoms with Gasteiger partial charge in [0.15, 0.2) is 0 Å². The highest BCUT2D eigenvalue weighted by molar-refractivity contribution is 5.67. The molecule has 1 aromatic rings. The van der Waals surface area contributed by atoms with Gasteiger partial charge in [-0.1, -0.05) is 53.7 Å². The van der Waals surface area contributed by atoms with Gasteiger partial charge in [-0.15, -0.1) is 0 Å². The Kier molecular flexibility index (Phi) is 6.04. The Hall–Kier alpha value is -1.51. The van der Waals surface area contributed by atoms with Crippen LogP contribution < -0.4 is 4.74 Å². The first kappa shape index (κ1) is 18.5. The van der Waals surface area contributed by atoms with E-state index in [1.165, 1.54) is 11.1 Å². The first-order valence-electron chi connectivity index (χ1n) is 8.03. The van der Waals surface area contributed by atoms with Gasteiger partial charge in [-0.25, -0.2) is 0 Å². The summed E-state index contributed by atoms with van der Waals surface area (Å²) >= 11 is 0. The number of ether oxygens (including phenoxy) is 1. The third kappa shape index (κ3) is 4.49. The zero-order valence-corrected chi connectivity index (χ0v) is 15.0. The molecule has 124 valence electrons. The molecule has 0 fully saturated rings. The minimum Gasteiger partial charge on any atom is -0.565 e. The van der Waals surface area contributed by atoms with E-state index in [0.29, 0.717) is 18.3 Å². The zero-order chi connectivity index (χ0) is 17.1. The third-order valence-electron chi connectivity index (χ3n) is 4.32. The van der Waals surface area contributed by atoms with E-state index in [4.69, 9.17) is 9.84 Å². The predicted molar refractivity (Wildman–Crippen MR) is 91.9 cm³/mol. The van der Waals surface area contributed by atoms with Crippen LogP contribution in [0.1, 0.15) is 70.6 Å². The maximum absolute atomic E-state index is 11.0. The van der Waals surface area contributed by atoms with Crippen LogP contribution in [0.15, 0.2) is 12.1 Å². The normalized spacial score (nSPS) is 13.3. The van der Waals surface area contributed by atoms with Gasteiger partial charge in [-0.2, -0.15) is 0 Å². The quantitative estimate of drug-likeness (QED) is 0.747. The molecule has 0 aromatic heterocycles. The number of methoxy groups -OCH3 is 1. The van der Waals surface area contributed by atoms with Crippen molar-refractivity contribution in [3.63, 3.8) is 0 Å². The summed E-state index contributed by atoms with van der Waals surface area (Å²) in [5.41, 5.74) is 3.47.